The highest BCUT2D eigenvalue weighted by Gasteiger charge is 2.26. The Morgan fingerprint density at radius 1 is 1.27 bits per heavy atom. The van der Waals surface area contributed by atoms with Gasteiger partial charge in [0.1, 0.15) is 5.82 Å². The molecule has 2 aromatic rings. The minimum absolute atomic E-state index is 0. The summed E-state index contributed by atoms with van der Waals surface area (Å²) in [6.07, 6.45) is 6.62. The molecule has 1 atom stereocenters. The van der Waals surface area contributed by atoms with Crippen molar-refractivity contribution >= 4 is 30.7 Å². The van der Waals surface area contributed by atoms with E-state index in [1.165, 1.54) is 12.1 Å². The Morgan fingerprint density at radius 3 is 2.50 bits per heavy atom. The van der Waals surface area contributed by atoms with Crippen LogP contribution in [0.15, 0.2) is 36.8 Å². The van der Waals surface area contributed by atoms with Gasteiger partial charge in [-0.05, 0) is 42.9 Å². The summed E-state index contributed by atoms with van der Waals surface area (Å²) in [7, 11) is 0. The Morgan fingerprint density at radius 2 is 1.92 bits per heavy atom. The zero-order chi connectivity index (χ0) is 16.9. The molecule has 1 aliphatic heterocycles. The van der Waals surface area contributed by atoms with E-state index in [9.17, 15) is 9.18 Å². The summed E-state index contributed by atoms with van der Waals surface area (Å²) < 4.78 is 13.0. The van der Waals surface area contributed by atoms with Crippen molar-refractivity contribution in [3.05, 3.63) is 53.9 Å². The second-order valence-corrected chi connectivity index (χ2v) is 6.49. The van der Waals surface area contributed by atoms with Crippen molar-refractivity contribution in [1.29, 1.82) is 0 Å². The molecule has 1 aliphatic rings. The van der Waals surface area contributed by atoms with Crippen molar-refractivity contribution in [3.8, 4) is 0 Å². The van der Waals surface area contributed by atoms with Gasteiger partial charge in [0.15, 0.2) is 0 Å². The van der Waals surface area contributed by atoms with Gasteiger partial charge in [-0.2, -0.15) is 0 Å². The van der Waals surface area contributed by atoms with E-state index in [0.717, 1.165) is 43.6 Å². The predicted octanol–water partition coefficient (Wildman–Crippen LogP) is 2.74. The Balaban J connectivity index is 0.00000169. The SMILES string of the molecule is Cl.Cl.N[C@@H](Cc1cnc[nH]1)C(=O)N1CCC(Cc2ccc(F)cc2)CC1. The van der Waals surface area contributed by atoms with Crippen LogP contribution >= 0.6 is 24.8 Å². The standard InChI is InChI=1S/C18H23FN4O.2ClH/c19-15-3-1-13(2-4-15)9-14-5-7-23(8-6-14)18(24)17(20)10-16-11-21-12-22-16;;/h1-4,11-12,14,17H,5-10,20H2,(H,21,22);2*1H/t17-;;/m0../s1. The summed E-state index contributed by atoms with van der Waals surface area (Å²) in [5, 5.41) is 0. The average Bonchev–Trinajstić information content (AvgIpc) is 3.10. The summed E-state index contributed by atoms with van der Waals surface area (Å²) in [6, 6.07) is 6.16. The summed E-state index contributed by atoms with van der Waals surface area (Å²) in [5.41, 5.74) is 8.06. The first-order chi connectivity index (χ1) is 11.6. The fraction of sp³-hybridized carbons (Fsp3) is 0.444. The molecule has 1 amide bonds. The lowest BCUT2D eigenvalue weighted by Gasteiger charge is -2.33. The van der Waals surface area contributed by atoms with Gasteiger partial charge in [0.05, 0.1) is 12.4 Å². The van der Waals surface area contributed by atoms with Gasteiger partial charge in [-0.15, -0.1) is 24.8 Å². The van der Waals surface area contributed by atoms with Crippen molar-refractivity contribution in [2.75, 3.05) is 13.1 Å². The van der Waals surface area contributed by atoms with Gasteiger partial charge in [-0.3, -0.25) is 4.79 Å². The molecule has 3 rings (SSSR count). The number of piperidine rings is 1. The molecule has 0 spiro atoms. The van der Waals surface area contributed by atoms with Crippen LogP contribution in [-0.4, -0.2) is 39.9 Å². The average molecular weight is 403 g/mol. The van der Waals surface area contributed by atoms with Gasteiger partial charge in [0.2, 0.25) is 5.91 Å². The van der Waals surface area contributed by atoms with Crippen LogP contribution in [0.5, 0.6) is 0 Å². The van der Waals surface area contributed by atoms with Crippen LogP contribution in [0.1, 0.15) is 24.1 Å². The largest absolute Gasteiger partial charge is 0.348 e. The number of nitrogens with two attached hydrogens (primary N) is 1. The zero-order valence-corrected chi connectivity index (χ0v) is 16.1. The molecule has 144 valence electrons. The summed E-state index contributed by atoms with van der Waals surface area (Å²) in [5.74, 6) is 0.332. The van der Waals surface area contributed by atoms with Crippen LogP contribution in [0.3, 0.4) is 0 Å². The minimum Gasteiger partial charge on any atom is -0.348 e. The molecule has 5 nitrogen and oxygen atoms in total. The number of benzene rings is 1. The van der Waals surface area contributed by atoms with Crippen LogP contribution in [0.2, 0.25) is 0 Å². The number of hydrogen-bond donors (Lipinski definition) is 2. The van der Waals surface area contributed by atoms with Crippen LogP contribution < -0.4 is 5.73 Å². The number of nitrogens with one attached hydrogen (secondary N) is 1. The maximum Gasteiger partial charge on any atom is 0.239 e. The smallest absolute Gasteiger partial charge is 0.239 e. The highest BCUT2D eigenvalue weighted by Crippen LogP contribution is 2.22. The van der Waals surface area contributed by atoms with E-state index in [0.29, 0.717) is 12.3 Å². The quantitative estimate of drug-likeness (QED) is 0.806. The molecule has 8 heteroatoms. The minimum atomic E-state index is -0.529. The summed E-state index contributed by atoms with van der Waals surface area (Å²) in [4.78, 5) is 21.2. The number of nitrogens with zero attached hydrogens (tertiary/aromatic N) is 2. The third-order valence-electron chi connectivity index (χ3n) is 4.68. The lowest BCUT2D eigenvalue weighted by molar-refractivity contribution is -0.134. The molecule has 0 radical (unpaired) electrons. The first kappa shape index (κ1) is 22.4. The Kier molecular flexibility index (Phi) is 9.05. The molecule has 0 saturated carbocycles. The topological polar surface area (TPSA) is 75.0 Å². The maximum atomic E-state index is 13.0. The van der Waals surface area contributed by atoms with Crippen LogP contribution in [0.25, 0.3) is 0 Å². The molecular weight excluding hydrogens is 378 g/mol. The number of rotatable bonds is 5. The van der Waals surface area contributed by atoms with E-state index in [4.69, 9.17) is 5.73 Å². The van der Waals surface area contributed by atoms with Gasteiger partial charge in [-0.25, -0.2) is 9.37 Å². The normalized spacial score (nSPS) is 15.7. The van der Waals surface area contributed by atoms with E-state index >= 15 is 0 Å². The molecule has 1 aromatic heterocycles. The molecule has 0 unspecified atom stereocenters. The van der Waals surface area contributed by atoms with Gasteiger partial charge >= 0.3 is 0 Å². The van der Waals surface area contributed by atoms with Crippen LogP contribution in [-0.2, 0) is 17.6 Å². The second kappa shape index (κ2) is 10.5. The van der Waals surface area contributed by atoms with E-state index in [1.807, 2.05) is 17.0 Å². The number of hydrogen-bond acceptors (Lipinski definition) is 3. The van der Waals surface area contributed by atoms with E-state index in [-0.39, 0.29) is 36.5 Å². The molecule has 26 heavy (non-hydrogen) atoms. The molecular formula is C18H25Cl2FN4O. The molecule has 0 aliphatic carbocycles. The molecule has 1 saturated heterocycles. The second-order valence-electron chi connectivity index (χ2n) is 6.49. The molecule has 1 aromatic carbocycles. The number of likely N-dealkylation sites (tertiary alicyclic amines) is 1. The van der Waals surface area contributed by atoms with E-state index in [1.54, 1.807) is 12.5 Å². The van der Waals surface area contributed by atoms with Crippen LogP contribution in [0.4, 0.5) is 4.39 Å². The predicted molar refractivity (Wildman–Crippen MR) is 104 cm³/mol. The fourth-order valence-corrected chi connectivity index (χ4v) is 3.27. The summed E-state index contributed by atoms with van der Waals surface area (Å²) in [6.45, 7) is 1.47. The molecule has 1 fully saturated rings. The van der Waals surface area contributed by atoms with Gasteiger partial charge in [-0.1, -0.05) is 12.1 Å². The highest BCUT2D eigenvalue weighted by atomic mass is 35.5. The third kappa shape index (κ3) is 5.97. The lowest BCUT2D eigenvalue weighted by atomic mass is 9.90. The highest BCUT2D eigenvalue weighted by molar-refractivity contribution is 5.85. The number of carbonyl (C=O) groups excluding carboxylic acids is 1. The van der Waals surface area contributed by atoms with E-state index in [2.05, 4.69) is 9.97 Å². The first-order valence-corrected chi connectivity index (χ1v) is 8.38. The summed E-state index contributed by atoms with van der Waals surface area (Å²) >= 11 is 0. The van der Waals surface area contributed by atoms with Crippen molar-refractivity contribution in [1.82, 2.24) is 14.9 Å². The number of amides is 1. The zero-order valence-electron chi connectivity index (χ0n) is 14.4. The molecule has 3 N–H and O–H groups in total. The number of aromatic amines is 1. The van der Waals surface area contributed by atoms with Gasteiger partial charge in [0, 0.05) is 31.4 Å². The Labute approximate surface area is 165 Å². The van der Waals surface area contributed by atoms with Crippen molar-refractivity contribution in [2.45, 2.75) is 31.7 Å². The third-order valence-corrected chi connectivity index (χ3v) is 4.68. The monoisotopic (exact) mass is 402 g/mol. The maximum absolute atomic E-state index is 13.0. The lowest BCUT2D eigenvalue weighted by Crippen LogP contribution is -2.48. The number of imidazole rings is 1. The van der Waals surface area contributed by atoms with Crippen LogP contribution in [0, 0.1) is 11.7 Å². The number of aromatic nitrogens is 2. The first-order valence-electron chi connectivity index (χ1n) is 8.38. The Bertz CT molecular complexity index is 658. The van der Waals surface area contributed by atoms with Gasteiger partial charge in [0.25, 0.3) is 0 Å². The Hall–Kier alpha value is -1.63. The van der Waals surface area contributed by atoms with E-state index < -0.39 is 6.04 Å². The fourth-order valence-electron chi connectivity index (χ4n) is 3.27. The van der Waals surface area contributed by atoms with Crippen molar-refractivity contribution < 1.29 is 9.18 Å². The number of carbonyl (C=O) groups is 1. The number of halogens is 3. The van der Waals surface area contributed by atoms with Gasteiger partial charge < -0.3 is 15.6 Å². The molecule has 0 bridgehead atoms. The van der Waals surface area contributed by atoms with Crippen molar-refractivity contribution in [2.24, 2.45) is 11.7 Å². The molecule has 2 heterocycles. The van der Waals surface area contributed by atoms with Crippen molar-refractivity contribution in [3.63, 3.8) is 0 Å². The number of H-pyrrole nitrogens is 1.